The van der Waals surface area contributed by atoms with Gasteiger partial charge in [0.15, 0.2) is 0 Å². The van der Waals surface area contributed by atoms with Crippen molar-refractivity contribution < 1.29 is 0 Å². The second-order valence-electron chi connectivity index (χ2n) is 6.25. The van der Waals surface area contributed by atoms with E-state index in [0.717, 1.165) is 0 Å². The summed E-state index contributed by atoms with van der Waals surface area (Å²) in [5, 5.41) is 0. The number of benzene rings is 2. The first-order chi connectivity index (χ1) is 9.23. The van der Waals surface area contributed by atoms with E-state index in [-0.39, 0.29) is 0 Å². The highest BCUT2D eigenvalue weighted by Crippen LogP contribution is 2.31. The summed E-state index contributed by atoms with van der Waals surface area (Å²) in [5.41, 5.74) is 15.1. The maximum absolute atomic E-state index is 6.70. The minimum absolute atomic E-state index is 0.457. The van der Waals surface area contributed by atoms with E-state index in [1.807, 2.05) is 0 Å². The lowest BCUT2D eigenvalue weighted by molar-refractivity contribution is 0.597. The van der Waals surface area contributed by atoms with Gasteiger partial charge in [0.25, 0.3) is 0 Å². The standard InChI is InChI=1S/C19H25N/c1-12-7-8-17(10-14(12)3)19(6,20)18-11-15(4)13(2)9-16(18)5/h7-11H,20H2,1-6H3. The molecule has 0 bridgehead atoms. The van der Waals surface area contributed by atoms with E-state index in [2.05, 4.69) is 71.9 Å². The van der Waals surface area contributed by atoms with Gasteiger partial charge in [-0.1, -0.05) is 30.3 Å². The summed E-state index contributed by atoms with van der Waals surface area (Å²) >= 11 is 0. The van der Waals surface area contributed by atoms with Crippen LogP contribution in [0.25, 0.3) is 0 Å². The molecule has 0 fully saturated rings. The summed E-state index contributed by atoms with van der Waals surface area (Å²) in [5.74, 6) is 0. The predicted octanol–water partition coefficient (Wildman–Crippen LogP) is 4.45. The highest BCUT2D eigenvalue weighted by molar-refractivity contribution is 5.47. The van der Waals surface area contributed by atoms with E-state index < -0.39 is 5.54 Å². The summed E-state index contributed by atoms with van der Waals surface area (Å²) in [7, 11) is 0. The Morgan fingerprint density at radius 3 is 1.85 bits per heavy atom. The van der Waals surface area contributed by atoms with Gasteiger partial charge in [-0.15, -0.1) is 0 Å². The fourth-order valence-electron chi connectivity index (χ4n) is 2.74. The highest BCUT2D eigenvalue weighted by atomic mass is 14.7. The Hall–Kier alpha value is -1.60. The zero-order valence-corrected chi connectivity index (χ0v) is 13.5. The fraction of sp³-hybridized carbons (Fsp3) is 0.368. The second-order valence-corrected chi connectivity index (χ2v) is 6.25. The molecular formula is C19H25N. The van der Waals surface area contributed by atoms with Crippen LogP contribution in [0.15, 0.2) is 30.3 Å². The molecule has 2 aromatic rings. The Kier molecular flexibility index (Phi) is 3.75. The Morgan fingerprint density at radius 2 is 1.25 bits per heavy atom. The van der Waals surface area contributed by atoms with Crippen LogP contribution in [0.1, 0.15) is 45.9 Å². The fourth-order valence-corrected chi connectivity index (χ4v) is 2.74. The molecule has 0 aliphatic rings. The molecule has 2 N–H and O–H groups in total. The summed E-state index contributed by atoms with van der Waals surface area (Å²) in [4.78, 5) is 0. The van der Waals surface area contributed by atoms with Gasteiger partial charge in [-0.2, -0.15) is 0 Å². The normalized spacial score (nSPS) is 14.2. The molecule has 0 amide bonds. The molecule has 2 aromatic carbocycles. The van der Waals surface area contributed by atoms with Gasteiger partial charge in [0.05, 0.1) is 5.54 Å². The van der Waals surface area contributed by atoms with Gasteiger partial charge >= 0.3 is 0 Å². The van der Waals surface area contributed by atoms with Crippen molar-refractivity contribution in [1.82, 2.24) is 0 Å². The molecule has 1 atom stereocenters. The average Bonchev–Trinajstić information content (AvgIpc) is 2.36. The van der Waals surface area contributed by atoms with E-state index in [0.29, 0.717) is 0 Å². The van der Waals surface area contributed by atoms with Crippen LogP contribution in [0.5, 0.6) is 0 Å². The van der Waals surface area contributed by atoms with Crippen LogP contribution in [0.3, 0.4) is 0 Å². The molecule has 106 valence electrons. The van der Waals surface area contributed by atoms with Crippen molar-refractivity contribution in [3.63, 3.8) is 0 Å². The van der Waals surface area contributed by atoms with Gasteiger partial charge in [-0.05, 0) is 80.5 Å². The van der Waals surface area contributed by atoms with Crippen LogP contribution < -0.4 is 5.73 Å². The van der Waals surface area contributed by atoms with Crippen molar-refractivity contribution >= 4 is 0 Å². The van der Waals surface area contributed by atoms with Crippen molar-refractivity contribution in [2.45, 2.75) is 47.1 Å². The van der Waals surface area contributed by atoms with E-state index in [1.54, 1.807) is 0 Å². The van der Waals surface area contributed by atoms with Gasteiger partial charge in [0, 0.05) is 0 Å². The van der Waals surface area contributed by atoms with Crippen LogP contribution in [-0.4, -0.2) is 0 Å². The van der Waals surface area contributed by atoms with E-state index >= 15 is 0 Å². The Morgan fingerprint density at radius 1 is 0.700 bits per heavy atom. The monoisotopic (exact) mass is 267 g/mol. The maximum atomic E-state index is 6.70. The van der Waals surface area contributed by atoms with Crippen LogP contribution >= 0.6 is 0 Å². The summed E-state index contributed by atoms with van der Waals surface area (Å²) in [6.45, 7) is 12.8. The maximum Gasteiger partial charge on any atom is 0.0639 e. The first-order valence-electron chi connectivity index (χ1n) is 7.18. The summed E-state index contributed by atoms with van der Waals surface area (Å²) < 4.78 is 0. The van der Waals surface area contributed by atoms with Gasteiger partial charge in [0.1, 0.15) is 0 Å². The molecule has 0 radical (unpaired) electrons. The van der Waals surface area contributed by atoms with E-state index in [4.69, 9.17) is 5.73 Å². The Balaban J connectivity index is 2.59. The van der Waals surface area contributed by atoms with Gasteiger partial charge in [-0.3, -0.25) is 0 Å². The molecule has 1 unspecified atom stereocenters. The lowest BCUT2D eigenvalue weighted by atomic mass is 9.81. The molecule has 0 saturated carbocycles. The summed E-state index contributed by atoms with van der Waals surface area (Å²) in [6.07, 6.45) is 0. The molecule has 0 spiro atoms. The highest BCUT2D eigenvalue weighted by Gasteiger charge is 2.26. The van der Waals surface area contributed by atoms with Gasteiger partial charge in [0.2, 0.25) is 0 Å². The van der Waals surface area contributed by atoms with Crippen molar-refractivity contribution in [2.24, 2.45) is 5.73 Å². The smallest absolute Gasteiger partial charge is 0.0639 e. The Bertz CT molecular complexity index is 651. The molecule has 0 aliphatic heterocycles. The van der Waals surface area contributed by atoms with Crippen molar-refractivity contribution in [3.8, 4) is 0 Å². The summed E-state index contributed by atoms with van der Waals surface area (Å²) in [6, 6.07) is 11.0. The van der Waals surface area contributed by atoms with Crippen molar-refractivity contribution in [3.05, 3.63) is 69.3 Å². The quantitative estimate of drug-likeness (QED) is 0.854. The molecule has 0 saturated heterocycles. The van der Waals surface area contributed by atoms with Crippen molar-refractivity contribution in [2.75, 3.05) is 0 Å². The molecule has 0 aliphatic carbocycles. The number of aryl methyl sites for hydroxylation is 5. The largest absolute Gasteiger partial charge is 0.318 e. The molecular weight excluding hydrogens is 242 g/mol. The van der Waals surface area contributed by atoms with Crippen molar-refractivity contribution in [1.29, 1.82) is 0 Å². The van der Waals surface area contributed by atoms with E-state index in [9.17, 15) is 0 Å². The van der Waals surface area contributed by atoms with Gasteiger partial charge in [-0.25, -0.2) is 0 Å². The second kappa shape index (κ2) is 5.06. The predicted molar refractivity (Wildman–Crippen MR) is 87.2 cm³/mol. The Labute approximate surface area is 122 Å². The number of hydrogen-bond acceptors (Lipinski definition) is 1. The first kappa shape index (κ1) is 14.8. The van der Waals surface area contributed by atoms with Crippen LogP contribution in [-0.2, 0) is 5.54 Å². The molecule has 0 heterocycles. The SMILES string of the molecule is Cc1ccc(C(C)(N)c2cc(C)c(C)cc2C)cc1C. The lowest BCUT2D eigenvalue weighted by Crippen LogP contribution is -2.35. The molecule has 1 heteroatoms. The van der Waals surface area contributed by atoms with Gasteiger partial charge < -0.3 is 5.73 Å². The van der Waals surface area contributed by atoms with E-state index in [1.165, 1.54) is 38.9 Å². The third-order valence-corrected chi connectivity index (χ3v) is 4.51. The molecule has 0 aromatic heterocycles. The first-order valence-corrected chi connectivity index (χ1v) is 7.18. The number of hydrogen-bond donors (Lipinski definition) is 1. The zero-order valence-electron chi connectivity index (χ0n) is 13.5. The molecule has 20 heavy (non-hydrogen) atoms. The number of nitrogens with two attached hydrogens (primary N) is 1. The third kappa shape index (κ3) is 2.51. The topological polar surface area (TPSA) is 26.0 Å². The molecule has 2 rings (SSSR count). The zero-order chi connectivity index (χ0) is 15.1. The average molecular weight is 267 g/mol. The lowest BCUT2D eigenvalue weighted by Gasteiger charge is -2.29. The minimum atomic E-state index is -0.457. The van der Waals surface area contributed by atoms with Crippen LogP contribution in [0.4, 0.5) is 0 Å². The van der Waals surface area contributed by atoms with Crippen LogP contribution in [0, 0.1) is 34.6 Å². The third-order valence-electron chi connectivity index (χ3n) is 4.51. The molecule has 1 nitrogen and oxygen atoms in total. The van der Waals surface area contributed by atoms with Crippen LogP contribution in [0.2, 0.25) is 0 Å². The minimum Gasteiger partial charge on any atom is -0.318 e. The number of rotatable bonds is 2.